The average Bonchev–Trinajstić information content (AvgIpc) is 3.01. The van der Waals surface area contributed by atoms with Gasteiger partial charge >= 0.3 is 0 Å². The van der Waals surface area contributed by atoms with Crippen LogP contribution in [-0.2, 0) is 0 Å². The fourth-order valence-corrected chi connectivity index (χ4v) is 3.25. The van der Waals surface area contributed by atoms with E-state index in [0.717, 1.165) is 10.3 Å². The first-order valence-electron chi connectivity index (χ1n) is 6.42. The third-order valence-corrected chi connectivity index (χ3v) is 4.74. The Morgan fingerprint density at radius 3 is 2.53 bits per heavy atom. The molecule has 0 atom stereocenters. The highest BCUT2D eigenvalue weighted by atomic mass is 35.5. The van der Waals surface area contributed by atoms with E-state index < -0.39 is 0 Å². The molecule has 0 spiro atoms. The van der Waals surface area contributed by atoms with E-state index in [9.17, 15) is 0 Å². The van der Waals surface area contributed by atoms with Crippen LogP contribution < -0.4 is 0 Å². The van der Waals surface area contributed by atoms with E-state index in [1.807, 2.05) is 16.8 Å². The van der Waals surface area contributed by atoms with Crippen molar-refractivity contribution in [1.29, 1.82) is 0 Å². The minimum atomic E-state index is 0.540. The predicted molar refractivity (Wildman–Crippen MR) is 82.2 cm³/mol. The number of rotatable bonds is 2. The van der Waals surface area contributed by atoms with Gasteiger partial charge in [0.15, 0.2) is 0 Å². The Bertz CT molecular complexity index is 654. The summed E-state index contributed by atoms with van der Waals surface area (Å²) in [4.78, 5) is 0. The summed E-state index contributed by atoms with van der Waals surface area (Å²) in [5.74, 6) is 0.616. The van der Waals surface area contributed by atoms with Crippen molar-refractivity contribution in [2.75, 3.05) is 0 Å². The van der Waals surface area contributed by atoms with E-state index >= 15 is 0 Å². The molecule has 1 heterocycles. The first-order valence-corrected chi connectivity index (χ1v) is 7.59. The lowest BCUT2D eigenvalue weighted by Crippen LogP contribution is -1.99. The molecule has 0 aliphatic heterocycles. The first kappa shape index (κ1) is 13.2. The van der Waals surface area contributed by atoms with Crippen molar-refractivity contribution in [2.45, 2.75) is 31.6 Å². The molecule has 1 aromatic carbocycles. The molecule has 100 valence electrons. The molecular weight excluding hydrogens is 299 g/mol. The largest absolute Gasteiger partial charge is 0.297 e. The summed E-state index contributed by atoms with van der Waals surface area (Å²) in [6, 6.07) is 7.60. The third kappa shape index (κ3) is 2.60. The van der Waals surface area contributed by atoms with Gasteiger partial charge in [-0.2, -0.15) is 0 Å². The molecule has 1 aromatic heterocycles. The minimum absolute atomic E-state index is 0.540. The molecule has 0 radical (unpaired) electrons. The molecule has 2 nitrogen and oxygen atoms in total. The maximum absolute atomic E-state index is 6.06. The van der Waals surface area contributed by atoms with Crippen LogP contribution in [0.25, 0.3) is 5.69 Å². The Morgan fingerprint density at radius 1 is 1.11 bits per heavy atom. The molecule has 0 unspecified atom stereocenters. The van der Waals surface area contributed by atoms with Crippen LogP contribution in [0.3, 0.4) is 0 Å². The van der Waals surface area contributed by atoms with Gasteiger partial charge in [0.05, 0.1) is 15.7 Å². The van der Waals surface area contributed by atoms with Crippen molar-refractivity contribution in [1.82, 2.24) is 9.78 Å². The van der Waals surface area contributed by atoms with Crippen LogP contribution >= 0.6 is 35.4 Å². The molecule has 1 aliphatic rings. The molecule has 19 heavy (non-hydrogen) atoms. The average molecular weight is 313 g/mol. The number of aromatic nitrogens is 2. The van der Waals surface area contributed by atoms with Gasteiger partial charge in [-0.15, -0.1) is 0 Å². The molecule has 0 saturated heterocycles. The molecule has 1 aliphatic carbocycles. The lowest BCUT2D eigenvalue weighted by molar-refractivity contribution is 0.678. The van der Waals surface area contributed by atoms with Crippen LogP contribution in [0.2, 0.25) is 10.0 Å². The zero-order chi connectivity index (χ0) is 13.4. The topological polar surface area (TPSA) is 20.7 Å². The van der Waals surface area contributed by atoms with Gasteiger partial charge in [-0.25, -0.2) is 4.68 Å². The van der Waals surface area contributed by atoms with Crippen molar-refractivity contribution in [3.63, 3.8) is 0 Å². The van der Waals surface area contributed by atoms with E-state index in [-0.39, 0.29) is 0 Å². The van der Waals surface area contributed by atoms with Crippen LogP contribution in [0.5, 0.6) is 0 Å². The van der Waals surface area contributed by atoms with Crippen LogP contribution in [0.15, 0.2) is 24.3 Å². The number of benzene rings is 1. The molecule has 1 fully saturated rings. The van der Waals surface area contributed by atoms with Gasteiger partial charge in [-0.1, -0.05) is 48.3 Å². The number of hydrogen-bond acceptors (Lipinski definition) is 1. The second-order valence-electron chi connectivity index (χ2n) is 4.96. The zero-order valence-electron chi connectivity index (χ0n) is 10.3. The Morgan fingerprint density at radius 2 is 1.84 bits per heavy atom. The van der Waals surface area contributed by atoms with Gasteiger partial charge in [-0.3, -0.25) is 5.10 Å². The predicted octanol–water partition coefficient (Wildman–Crippen LogP) is 5.50. The highest BCUT2D eigenvalue weighted by molar-refractivity contribution is 7.71. The van der Waals surface area contributed by atoms with Gasteiger partial charge in [0.25, 0.3) is 0 Å². The Labute approximate surface area is 127 Å². The van der Waals surface area contributed by atoms with Crippen molar-refractivity contribution >= 4 is 35.4 Å². The summed E-state index contributed by atoms with van der Waals surface area (Å²) in [5, 5.41) is 4.49. The smallest absolute Gasteiger partial charge is 0.127 e. The SMILES string of the molecule is S=c1cc(C2CCCC2)[nH]n1-c1ccc(Cl)c(Cl)c1. The summed E-state index contributed by atoms with van der Waals surface area (Å²) < 4.78 is 2.67. The number of nitrogens with one attached hydrogen (secondary N) is 1. The Balaban J connectivity index is 2.00. The summed E-state index contributed by atoms with van der Waals surface area (Å²) in [6.07, 6.45) is 5.11. The number of H-pyrrole nitrogens is 1. The second kappa shape index (κ2) is 5.31. The van der Waals surface area contributed by atoms with Gasteiger partial charge < -0.3 is 0 Å². The van der Waals surface area contributed by atoms with Crippen molar-refractivity contribution < 1.29 is 0 Å². The van der Waals surface area contributed by atoms with E-state index in [4.69, 9.17) is 35.4 Å². The van der Waals surface area contributed by atoms with E-state index in [0.29, 0.717) is 16.0 Å². The molecule has 1 N–H and O–H groups in total. The van der Waals surface area contributed by atoms with Gasteiger partial charge in [-0.05, 0) is 37.1 Å². The van der Waals surface area contributed by atoms with Gasteiger partial charge in [0, 0.05) is 11.6 Å². The maximum atomic E-state index is 6.06. The molecule has 2 aromatic rings. The standard InChI is InChI=1S/C14H14Cl2N2S/c15-11-6-5-10(7-12(11)16)18-14(19)8-13(17-18)9-3-1-2-4-9/h5-9,17H,1-4H2. The Kier molecular flexibility index (Phi) is 3.70. The quantitative estimate of drug-likeness (QED) is 0.726. The fourth-order valence-electron chi connectivity index (χ4n) is 2.68. The lowest BCUT2D eigenvalue weighted by atomic mass is 10.1. The highest BCUT2D eigenvalue weighted by Crippen LogP contribution is 2.33. The molecule has 5 heteroatoms. The van der Waals surface area contributed by atoms with Crippen molar-refractivity contribution in [3.05, 3.63) is 44.6 Å². The van der Waals surface area contributed by atoms with Crippen LogP contribution in [0.4, 0.5) is 0 Å². The fraction of sp³-hybridized carbons (Fsp3) is 0.357. The zero-order valence-corrected chi connectivity index (χ0v) is 12.7. The first-order chi connectivity index (χ1) is 9.15. The van der Waals surface area contributed by atoms with Gasteiger partial charge in [0.2, 0.25) is 0 Å². The van der Waals surface area contributed by atoms with Crippen LogP contribution in [-0.4, -0.2) is 9.78 Å². The lowest BCUT2D eigenvalue weighted by Gasteiger charge is -2.07. The number of nitrogens with zero attached hydrogens (tertiary/aromatic N) is 1. The minimum Gasteiger partial charge on any atom is -0.297 e. The van der Waals surface area contributed by atoms with E-state index in [1.165, 1.54) is 31.4 Å². The van der Waals surface area contributed by atoms with Crippen LogP contribution in [0, 0.1) is 4.64 Å². The molecular formula is C14H14Cl2N2S. The Hall–Kier alpha value is -0.770. The second-order valence-corrected chi connectivity index (χ2v) is 6.20. The molecule has 0 amide bonds. The molecule has 3 rings (SSSR count). The summed E-state index contributed by atoms with van der Waals surface area (Å²) in [5.41, 5.74) is 2.15. The number of halogens is 2. The van der Waals surface area contributed by atoms with Crippen molar-refractivity contribution in [3.8, 4) is 5.69 Å². The summed E-state index contributed by atoms with van der Waals surface area (Å²) >= 11 is 17.4. The van der Waals surface area contributed by atoms with Crippen molar-refractivity contribution in [2.24, 2.45) is 0 Å². The number of hydrogen-bond donors (Lipinski definition) is 1. The summed E-state index contributed by atoms with van der Waals surface area (Å²) in [6.45, 7) is 0. The maximum Gasteiger partial charge on any atom is 0.127 e. The van der Waals surface area contributed by atoms with Gasteiger partial charge in [0.1, 0.15) is 4.64 Å². The number of aromatic amines is 1. The highest BCUT2D eigenvalue weighted by Gasteiger charge is 2.19. The third-order valence-electron chi connectivity index (χ3n) is 3.70. The monoisotopic (exact) mass is 312 g/mol. The summed E-state index contributed by atoms with van der Waals surface area (Å²) in [7, 11) is 0. The van der Waals surface area contributed by atoms with Crippen LogP contribution in [0.1, 0.15) is 37.3 Å². The molecule has 1 saturated carbocycles. The van der Waals surface area contributed by atoms with E-state index in [1.54, 1.807) is 6.07 Å². The normalized spacial score (nSPS) is 16.1. The molecule has 0 bridgehead atoms. The van der Waals surface area contributed by atoms with E-state index in [2.05, 4.69) is 11.2 Å².